The van der Waals surface area contributed by atoms with Gasteiger partial charge >= 0.3 is 0 Å². The number of amides is 3. The summed E-state index contributed by atoms with van der Waals surface area (Å²) in [6.07, 6.45) is 0. The van der Waals surface area contributed by atoms with Crippen molar-refractivity contribution in [2.75, 3.05) is 11.9 Å². The molecule has 0 spiro atoms. The molecular weight excluding hydrogens is 402 g/mol. The summed E-state index contributed by atoms with van der Waals surface area (Å²) in [6.45, 7) is 3.20. The molecule has 2 heterocycles. The third-order valence-electron chi connectivity index (χ3n) is 4.84. The van der Waals surface area contributed by atoms with E-state index in [1.807, 2.05) is 31.2 Å². The Morgan fingerprint density at radius 1 is 1.03 bits per heavy atom. The number of aromatic nitrogens is 2. The van der Waals surface area contributed by atoms with Gasteiger partial charge in [0.15, 0.2) is 0 Å². The van der Waals surface area contributed by atoms with E-state index < -0.39 is 29.2 Å². The SMILES string of the molecule is Cc1ccc(-n2nc(C)cc2NC(=O)CN2C(=O)c3ccc([N+](=O)[O-])cc3C2=O)cc1. The second-order valence-electron chi connectivity index (χ2n) is 7.15. The van der Waals surface area contributed by atoms with Gasteiger partial charge in [0.25, 0.3) is 17.5 Å². The van der Waals surface area contributed by atoms with Crippen LogP contribution in [-0.4, -0.2) is 43.9 Å². The maximum absolute atomic E-state index is 12.6. The van der Waals surface area contributed by atoms with Crippen LogP contribution in [0.25, 0.3) is 5.69 Å². The van der Waals surface area contributed by atoms with Crippen LogP contribution in [0.2, 0.25) is 0 Å². The van der Waals surface area contributed by atoms with Crippen molar-refractivity contribution in [1.29, 1.82) is 0 Å². The Labute approximate surface area is 176 Å². The van der Waals surface area contributed by atoms with Gasteiger partial charge in [-0.05, 0) is 32.0 Å². The molecule has 4 rings (SSSR count). The molecule has 156 valence electrons. The van der Waals surface area contributed by atoms with Gasteiger partial charge in [-0.25, -0.2) is 4.68 Å². The fourth-order valence-corrected chi connectivity index (χ4v) is 3.33. The summed E-state index contributed by atoms with van der Waals surface area (Å²) in [5.74, 6) is -1.63. The lowest BCUT2D eigenvalue weighted by Gasteiger charge is -2.14. The Morgan fingerprint density at radius 2 is 1.71 bits per heavy atom. The van der Waals surface area contributed by atoms with E-state index in [0.717, 1.165) is 28.3 Å². The number of non-ortho nitro benzene ring substituents is 1. The van der Waals surface area contributed by atoms with Gasteiger partial charge in [-0.15, -0.1) is 0 Å². The summed E-state index contributed by atoms with van der Waals surface area (Å²) in [6, 6.07) is 12.6. The molecule has 0 bridgehead atoms. The Kier molecular flexibility index (Phi) is 4.82. The summed E-state index contributed by atoms with van der Waals surface area (Å²) >= 11 is 0. The van der Waals surface area contributed by atoms with Crippen molar-refractivity contribution in [3.8, 4) is 5.69 Å². The molecule has 3 amide bonds. The second-order valence-corrected chi connectivity index (χ2v) is 7.15. The van der Waals surface area contributed by atoms with Crippen LogP contribution in [0.15, 0.2) is 48.5 Å². The lowest BCUT2D eigenvalue weighted by molar-refractivity contribution is -0.384. The molecule has 1 aliphatic heterocycles. The first-order valence-corrected chi connectivity index (χ1v) is 9.33. The van der Waals surface area contributed by atoms with Crippen LogP contribution in [0.1, 0.15) is 32.0 Å². The fraction of sp³-hybridized carbons (Fsp3) is 0.143. The minimum Gasteiger partial charge on any atom is -0.309 e. The van der Waals surface area contributed by atoms with E-state index in [9.17, 15) is 24.5 Å². The number of fused-ring (bicyclic) bond motifs is 1. The predicted octanol–water partition coefficient (Wildman–Crippen LogP) is 2.63. The first-order valence-electron chi connectivity index (χ1n) is 9.33. The van der Waals surface area contributed by atoms with Crippen molar-refractivity contribution in [3.63, 3.8) is 0 Å². The summed E-state index contributed by atoms with van der Waals surface area (Å²) < 4.78 is 1.55. The van der Waals surface area contributed by atoms with E-state index in [1.165, 1.54) is 6.07 Å². The Bertz CT molecular complexity index is 1250. The van der Waals surface area contributed by atoms with E-state index in [-0.39, 0.29) is 16.8 Å². The third kappa shape index (κ3) is 3.66. The van der Waals surface area contributed by atoms with Crippen LogP contribution >= 0.6 is 0 Å². The smallest absolute Gasteiger partial charge is 0.270 e. The van der Waals surface area contributed by atoms with E-state index in [4.69, 9.17) is 0 Å². The van der Waals surface area contributed by atoms with Gasteiger partial charge in [-0.3, -0.25) is 29.4 Å². The predicted molar refractivity (Wildman–Crippen MR) is 110 cm³/mol. The van der Waals surface area contributed by atoms with Crippen LogP contribution < -0.4 is 5.32 Å². The van der Waals surface area contributed by atoms with Crippen LogP contribution in [0.4, 0.5) is 11.5 Å². The van der Waals surface area contributed by atoms with Crippen molar-refractivity contribution in [2.24, 2.45) is 0 Å². The zero-order valence-corrected chi connectivity index (χ0v) is 16.7. The number of nitrogens with one attached hydrogen (secondary N) is 1. The number of imide groups is 1. The number of nitro groups is 1. The molecule has 10 nitrogen and oxygen atoms in total. The lowest BCUT2D eigenvalue weighted by Crippen LogP contribution is -2.37. The van der Waals surface area contributed by atoms with Crippen molar-refractivity contribution in [3.05, 3.63) is 81.0 Å². The van der Waals surface area contributed by atoms with Crippen molar-refractivity contribution in [2.45, 2.75) is 13.8 Å². The number of nitrogens with zero attached hydrogens (tertiary/aromatic N) is 4. The maximum Gasteiger partial charge on any atom is 0.270 e. The fourth-order valence-electron chi connectivity index (χ4n) is 3.33. The highest BCUT2D eigenvalue weighted by molar-refractivity contribution is 6.23. The summed E-state index contributed by atoms with van der Waals surface area (Å²) in [7, 11) is 0. The van der Waals surface area contributed by atoms with Crippen molar-refractivity contribution in [1.82, 2.24) is 14.7 Å². The molecule has 0 unspecified atom stereocenters. The molecule has 0 saturated heterocycles. The van der Waals surface area contributed by atoms with Crippen molar-refractivity contribution < 1.29 is 19.3 Å². The Balaban J connectivity index is 1.54. The van der Waals surface area contributed by atoms with Crippen LogP contribution in [0.3, 0.4) is 0 Å². The minimum atomic E-state index is -0.748. The number of benzene rings is 2. The number of nitro benzene ring substituents is 1. The largest absolute Gasteiger partial charge is 0.309 e. The van der Waals surface area contributed by atoms with Crippen molar-refractivity contribution >= 4 is 29.2 Å². The molecule has 1 N–H and O–H groups in total. The van der Waals surface area contributed by atoms with E-state index in [0.29, 0.717) is 11.5 Å². The second kappa shape index (κ2) is 7.48. The monoisotopic (exact) mass is 419 g/mol. The molecule has 0 aliphatic carbocycles. The topological polar surface area (TPSA) is 127 Å². The summed E-state index contributed by atoms with van der Waals surface area (Å²) in [5, 5.41) is 18.0. The number of aryl methyl sites for hydroxylation is 2. The number of hydrogen-bond donors (Lipinski definition) is 1. The maximum atomic E-state index is 12.6. The molecule has 1 aliphatic rings. The molecule has 0 saturated carbocycles. The quantitative estimate of drug-likeness (QED) is 0.385. The number of rotatable bonds is 5. The number of anilines is 1. The molecule has 1 aromatic heterocycles. The highest BCUT2D eigenvalue weighted by atomic mass is 16.6. The lowest BCUT2D eigenvalue weighted by atomic mass is 10.1. The Morgan fingerprint density at radius 3 is 2.39 bits per heavy atom. The van der Waals surface area contributed by atoms with Gasteiger partial charge in [-0.1, -0.05) is 17.7 Å². The first-order chi connectivity index (χ1) is 14.7. The van der Waals surface area contributed by atoms with Gasteiger partial charge in [0.05, 0.1) is 27.4 Å². The summed E-state index contributed by atoms with van der Waals surface area (Å²) in [4.78, 5) is 48.8. The average molecular weight is 419 g/mol. The molecule has 3 aromatic rings. The molecular formula is C21H17N5O5. The van der Waals surface area contributed by atoms with Crippen LogP contribution in [-0.2, 0) is 4.79 Å². The highest BCUT2D eigenvalue weighted by Gasteiger charge is 2.38. The van der Waals surface area contributed by atoms with E-state index in [1.54, 1.807) is 17.7 Å². The van der Waals surface area contributed by atoms with E-state index in [2.05, 4.69) is 10.4 Å². The molecule has 0 radical (unpaired) electrons. The molecule has 0 fully saturated rings. The zero-order valence-electron chi connectivity index (χ0n) is 16.7. The van der Waals surface area contributed by atoms with Crippen LogP contribution in [0.5, 0.6) is 0 Å². The first kappa shape index (κ1) is 20.0. The third-order valence-corrected chi connectivity index (χ3v) is 4.84. The Hall–Kier alpha value is -4.34. The summed E-state index contributed by atoms with van der Waals surface area (Å²) in [5.41, 5.74) is 2.12. The average Bonchev–Trinajstić information content (AvgIpc) is 3.20. The molecule has 10 heteroatoms. The standard InChI is InChI=1S/C21H17N5O5/c1-12-3-5-14(6-4-12)25-18(9-13(2)23-25)22-19(27)11-24-20(28)16-8-7-15(26(30)31)10-17(16)21(24)29/h3-10H,11H2,1-2H3,(H,22,27). The number of hydrogen-bond acceptors (Lipinski definition) is 6. The zero-order chi connectivity index (χ0) is 22.3. The van der Waals surface area contributed by atoms with Gasteiger partial charge in [0.2, 0.25) is 5.91 Å². The molecule has 2 aromatic carbocycles. The molecule has 0 atom stereocenters. The van der Waals surface area contributed by atoms with E-state index >= 15 is 0 Å². The van der Waals surface area contributed by atoms with Gasteiger partial charge in [-0.2, -0.15) is 5.10 Å². The van der Waals surface area contributed by atoms with Crippen LogP contribution in [0, 0.1) is 24.0 Å². The minimum absolute atomic E-state index is 0.0314. The number of carbonyl (C=O) groups excluding carboxylic acids is 3. The van der Waals surface area contributed by atoms with Gasteiger partial charge in [0.1, 0.15) is 12.4 Å². The van der Waals surface area contributed by atoms with Gasteiger partial charge < -0.3 is 5.32 Å². The normalized spacial score (nSPS) is 12.8. The van der Waals surface area contributed by atoms with Gasteiger partial charge in [0, 0.05) is 18.2 Å². The number of carbonyl (C=O) groups is 3. The highest BCUT2D eigenvalue weighted by Crippen LogP contribution is 2.27. The molecule has 31 heavy (non-hydrogen) atoms.